The van der Waals surface area contributed by atoms with E-state index in [2.05, 4.69) is 41.7 Å². The van der Waals surface area contributed by atoms with Crippen molar-refractivity contribution in [2.45, 2.75) is 13.3 Å². The molecule has 0 fully saturated rings. The number of benzene rings is 1. The van der Waals surface area contributed by atoms with Crippen LogP contribution in [-0.2, 0) is 16.0 Å². The number of hydrogen-bond donors (Lipinski definition) is 1. The summed E-state index contributed by atoms with van der Waals surface area (Å²) in [6.07, 6.45) is 1.14. The van der Waals surface area contributed by atoms with Crippen molar-refractivity contribution in [2.24, 2.45) is 5.73 Å². The van der Waals surface area contributed by atoms with Crippen LogP contribution < -0.4 is 5.73 Å². The lowest BCUT2D eigenvalue weighted by Crippen LogP contribution is -2.16. The number of nitrogens with two attached hydrogens (primary N) is 1. The third kappa shape index (κ3) is 7.31. The summed E-state index contributed by atoms with van der Waals surface area (Å²) in [5.74, 6) is -0.433. The van der Waals surface area contributed by atoms with Gasteiger partial charge < -0.3 is 10.5 Å². The zero-order chi connectivity index (χ0) is 10.8. The molecule has 1 aromatic rings. The van der Waals surface area contributed by atoms with E-state index < -0.39 is 5.91 Å². The number of carbonyl (C=O) groups is 1. The van der Waals surface area contributed by atoms with Crippen molar-refractivity contribution in [1.82, 2.24) is 0 Å². The Hall–Kier alpha value is -1.35. The number of methoxy groups -OCH3 is 1. The normalized spacial score (nSPS) is 8.71. The maximum Gasteiger partial charge on any atom is 0.243 e. The van der Waals surface area contributed by atoms with Gasteiger partial charge in [0.1, 0.15) is 6.61 Å². The summed E-state index contributed by atoms with van der Waals surface area (Å²) in [5, 5.41) is 0. The number of primary amides is 1. The van der Waals surface area contributed by atoms with Crippen LogP contribution in [0.1, 0.15) is 12.5 Å². The lowest BCUT2D eigenvalue weighted by atomic mass is 10.2. The van der Waals surface area contributed by atoms with E-state index in [0.29, 0.717) is 0 Å². The lowest BCUT2D eigenvalue weighted by molar-refractivity contribution is -0.121. The van der Waals surface area contributed by atoms with Gasteiger partial charge in [-0.05, 0) is 12.0 Å². The molecule has 0 atom stereocenters. The molecule has 0 saturated heterocycles. The molecule has 1 amide bonds. The van der Waals surface area contributed by atoms with Gasteiger partial charge in [-0.1, -0.05) is 37.3 Å². The van der Waals surface area contributed by atoms with Gasteiger partial charge in [0.15, 0.2) is 0 Å². The molecule has 78 valence electrons. The predicted molar refractivity (Wildman–Crippen MR) is 56.9 cm³/mol. The topological polar surface area (TPSA) is 52.3 Å². The number of hydrogen-bond acceptors (Lipinski definition) is 2. The Morgan fingerprint density at radius 1 is 1.36 bits per heavy atom. The summed E-state index contributed by atoms with van der Waals surface area (Å²) in [6, 6.07) is 10.5. The van der Waals surface area contributed by atoms with Crippen molar-refractivity contribution in [3.8, 4) is 0 Å². The highest BCUT2D eigenvalue weighted by atomic mass is 16.5. The van der Waals surface area contributed by atoms with Gasteiger partial charge in [0, 0.05) is 7.11 Å². The van der Waals surface area contributed by atoms with Crippen molar-refractivity contribution in [3.63, 3.8) is 0 Å². The van der Waals surface area contributed by atoms with Crippen molar-refractivity contribution in [2.75, 3.05) is 13.7 Å². The third-order valence-electron chi connectivity index (χ3n) is 1.54. The molecule has 0 aliphatic heterocycles. The molecule has 0 spiro atoms. The number of amides is 1. The SMILES string of the molecule is CCc1ccccc1.COCC(N)=O. The monoisotopic (exact) mass is 195 g/mol. The first-order valence-corrected chi connectivity index (χ1v) is 4.51. The molecule has 0 aliphatic carbocycles. The van der Waals surface area contributed by atoms with Crippen molar-refractivity contribution in [3.05, 3.63) is 35.9 Å². The standard InChI is InChI=1S/C8H10.C3H7NO2/c1-2-8-6-4-3-5-7-8;1-6-2-3(4)5/h3-7H,2H2,1H3;2H2,1H3,(H2,4,5). The zero-order valence-electron chi connectivity index (χ0n) is 8.69. The molecule has 0 aliphatic rings. The highest BCUT2D eigenvalue weighted by molar-refractivity contribution is 5.74. The van der Waals surface area contributed by atoms with Gasteiger partial charge in [0.05, 0.1) is 0 Å². The van der Waals surface area contributed by atoms with Gasteiger partial charge in [0.2, 0.25) is 5.91 Å². The van der Waals surface area contributed by atoms with E-state index in [9.17, 15) is 4.79 Å². The Labute approximate surface area is 84.9 Å². The van der Waals surface area contributed by atoms with Crippen molar-refractivity contribution in [1.29, 1.82) is 0 Å². The van der Waals surface area contributed by atoms with E-state index in [1.807, 2.05) is 6.07 Å². The largest absolute Gasteiger partial charge is 0.375 e. The highest BCUT2D eigenvalue weighted by Gasteiger charge is 1.84. The predicted octanol–water partition coefficient (Wildman–Crippen LogP) is 1.37. The van der Waals surface area contributed by atoms with Gasteiger partial charge in [0.25, 0.3) is 0 Å². The van der Waals surface area contributed by atoms with E-state index in [4.69, 9.17) is 0 Å². The Kier molecular flexibility index (Phi) is 7.46. The molecule has 1 rings (SSSR count). The first-order chi connectivity index (χ1) is 6.70. The minimum absolute atomic E-state index is 0.0139. The summed E-state index contributed by atoms with van der Waals surface area (Å²) < 4.78 is 4.33. The number of rotatable bonds is 3. The third-order valence-corrected chi connectivity index (χ3v) is 1.54. The molecule has 0 radical (unpaired) electrons. The molecular weight excluding hydrogens is 178 g/mol. The van der Waals surface area contributed by atoms with Crippen LogP contribution in [0.2, 0.25) is 0 Å². The molecule has 2 N–H and O–H groups in total. The fraction of sp³-hybridized carbons (Fsp3) is 0.364. The van der Waals surface area contributed by atoms with Crippen LogP contribution >= 0.6 is 0 Å². The minimum atomic E-state index is -0.433. The first kappa shape index (κ1) is 12.7. The average Bonchev–Trinajstić information content (AvgIpc) is 2.20. The molecule has 1 aromatic carbocycles. The summed E-state index contributed by atoms with van der Waals surface area (Å²) in [4.78, 5) is 9.70. The van der Waals surface area contributed by atoms with Crippen LogP contribution in [0, 0.1) is 0 Å². The fourth-order valence-corrected chi connectivity index (χ4v) is 0.856. The van der Waals surface area contributed by atoms with Gasteiger partial charge in [-0.2, -0.15) is 0 Å². The maximum atomic E-state index is 9.70. The zero-order valence-corrected chi connectivity index (χ0v) is 8.69. The van der Waals surface area contributed by atoms with Gasteiger partial charge >= 0.3 is 0 Å². The number of carbonyl (C=O) groups excluding carboxylic acids is 1. The Morgan fingerprint density at radius 2 is 1.93 bits per heavy atom. The summed E-state index contributed by atoms with van der Waals surface area (Å²) in [7, 11) is 1.42. The van der Waals surface area contributed by atoms with E-state index in [-0.39, 0.29) is 6.61 Å². The number of aryl methyl sites for hydroxylation is 1. The molecule has 0 unspecified atom stereocenters. The lowest BCUT2D eigenvalue weighted by Gasteiger charge is -1.89. The van der Waals surface area contributed by atoms with Crippen LogP contribution in [0.3, 0.4) is 0 Å². The fourth-order valence-electron chi connectivity index (χ4n) is 0.856. The molecule has 0 bridgehead atoms. The van der Waals surface area contributed by atoms with Crippen LogP contribution in [0.4, 0.5) is 0 Å². The van der Waals surface area contributed by atoms with Crippen LogP contribution in [-0.4, -0.2) is 19.6 Å². The second kappa shape index (κ2) is 8.26. The highest BCUT2D eigenvalue weighted by Crippen LogP contribution is 1.96. The molecule has 3 nitrogen and oxygen atoms in total. The average molecular weight is 195 g/mol. The van der Waals surface area contributed by atoms with Crippen molar-refractivity contribution < 1.29 is 9.53 Å². The van der Waals surface area contributed by atoms with Crippen LogP contribution in [0.25, 0.3) is 0 Å². The molecular formula is C11H17NO2. The van der Waals surface area contributed by atoms with E-state index in [1.165, 1.54) is 12.7 Å². The summed E-state index contributed by atoms with van der Waals surface area (Å²) >= 11 is 0. The molecule has 0 aromatic heterocycles. The minimum Gasteiger partial charge on any atom is -0.375 e. The smallest absolute Gasteiger partial charge is 0.243 e. The second-order valence-electron chi connectivity index (χ2n) is 2.74. The van der Waals surface area contributed by atoms with Gasteiger partial charge in [-0.3, -0.25) is 4.79 Å². The van der Waals surface area contributed by atoms with E-state index >= 15 is 0 Å². The summed E-state index contributed by atoms with van der Waals surface area (Å²) in [5.41, 5.74) is 6.05. The second-order valence-corrected chi connectivity index (χ2v) is 2.74. The summed E-state index contributed by atoms with van der Waals surface area (Å²) in [6.45, 7) is 2.18. The Morgan fingerprint density at radius 3 is 2.14 bits per heavy atom. The maximum absolute atomic E-state index is 9.70. The number of ether oxygens (including phenoxy) is 1. The molecule has 0 saturated carbocycles. The molecule has 3 heteroatoms. The Balaban J connectivity index is 0.000000255. The van der Waals surface area contributed by atoms with E-state index in [0.717, 1.165) is 6.42 Å². The van der Waals surface area contributed by atoms with Crippen molar-refractivity contribution >= 4 is 5.91 Å². The molecule has 0 heterocycles. The quantitative estimate of drug-likeness (QED) is 0.791. The van der Waals surface area contributed by atoms with Crippen LogP contribution in [0.5, 0.6) is 0 Å². The first-order valence-electron chi connectivity index (χ1n) is 4.51. The van der Waals surface area contributed by atoms with Crippen LogP contribution in [0.15, 0.2) is 30.3 Å². The van der Waals surface area contributed by atoms with E-state index in [1.54, 1.807) is 0 Å². The van der Waals surface area contributed by atoms with Gasteiger partial charge in [-0.15, -0.1) is 0 Å². The molecule has 14 heavy (non-hydrogen) atoms. The Bertz CT molecular complexity index is 247. The van der Waals surface area contributed by atoms with Gasteiger partial charge in [-0.25, -0.2) is 0 Å².